The molecule has 0 saturated carbocycles. The van der Waals surface area contributed by atoms with E-state index in [1.807, 2.05) is 42.5 Å². The Bertz CT molecular complexity index is 1400. The van der Waals surface area contributed by atoms with E-state index in [-0.39, 0.29) is 24.4 Å². The monoisotopic (exact) mass is 515 g/mol. The van der Waals surface area contributed by atoms with E-state index in [1.54, 1.807) is 46.8 Å². The van der Waals surface area contributed by atoms with E-state index in [0.29, 0.717) is 5.56 Å². The van der Waals surface area contributed by atoms with Crippen LogP contribution in [0.5, 0.6) is 0 Å². The molecule has 0 radical (unpaired) electrons. The third-order valence-corrected chi connectivity index (χ3v) is 6.23. The highest BCUT2D eigenvalue weighted by Gasteiger charge is 2.31. The molecule has 0 unspecified atom stereocenters. The Hall–Kier alpha value is -4.31. The first-order chi connectivity index (χ1) is 18.0. The maximum Gasteiger partial charge on any atom is 0.259 e. The summed E-state index contributed by atoms with van der Waals surface area (Å²) in [6.07, 6.45) is 0. The van der Waals surface area contributed by atoms with Gasteiger partial charge in [0.15, 0.2) is 0 Å². The second-order valence-electron chi connectivity index (χ2n) is 9.77. The van der Waals surface area contributed by atoms with Crippen LogP contribution in [0.15, 0.2) is 72.4 Å². The van der Waals surface area contributed by atoms with Crippen LogP contribution in [0.3, 0.4) is 0 Å². The summed E-state index contributed by atoms with van der Waals surface area (Å²) in [6.45, 7) is 9.32. The largest absolute Gasteiger partial charge is 0.339 e. The molecule has 0 aliphatic rings. The Balaban J connectivity index is 2.10. The molecule has 2 amide bonds. The first kappa shape index (κ1) is 28.3. The van der Waals surface area contributed by atoms with Gasteiger partial charge in [0, 0.05) is 24.2 Å². The number of nitrogens with zero attached hydrogens (tertiary/aromatic N) is 2. The normalized spacial score (nSPS) is 11.8. The van der Waals surface area contributed by atoms with Gasteiger partial charge in [0.25, 0.3) is 11.8 Å². The molecule has 3 aromatic rings. The van der Waals surface area contributed by atoms with Gasteiger partial charge >= 0.3 is 0 Å². The number of amides is 2. The van der Waals surface area contributed by atoms with Gasteiger partial charge in [0.1, 0.15) is 17.7 Å². The molecule has 38 heavy (non-hydrogen) atoms. The standard InChI is InChI=1S/C31H31F2N3O2/c1-6-36(7-2)30(38)27-25(33)18-17-24(32)26(27)29(37)35-28(31(3,4)5)23(19-34)22-15-13-21(14-16-22)20-11-9-8-10-12-20/h8-18H,6-7H2,1-5H3,(H,35,37)/b28-23-. The molecule has 0 fully saturated rings. The van der Waals surface area contributed by atoms with Crippen LogP contribution in [0.4, 0.5) is 8.78 Å². The van der Waals surface area contributed by atoms with E-state index < -0.39 is 40.0 Å². The maximum atomic E-state index is 15.0. The molecule has 0 heterocycles. The van der Waals surface area contributed by atoms with Crippen LogP contribution in [-0.4, -0.2) is 29.8 Å². The number of carbonyl (C=O) groups excluding carboxylic acids is 2. The molecule has 1 N–H and O–H groups in total. The minimum atomic E-state index is -1.03. The number of halogens is 2. The summed E-state index contributed by atoms with van der Waals surface area (Å²) in [5, 5.41) is 12.8. The molecule has 0 aromatic heterocycles. The maximum absolute atomic E-state index is 15.0. The van der Waals surface area contributed by atoms with Gasteiger partial charge in [-0.3, -0.25) is 9.59 Å². The third kappa shape index (κ3) is 5.97. The predicted molar refractivity (Wildman–Crippen MR) is 145 cm³/mol. The fraction of sp³-hybridized carbons (Fsp3) is 0.258. The van der Waals surface area contributed by atoms with Gasteiger partial charge < -0.3 is 10.2 Å². The van der Waals surface area contributed by atoms with Crippen LogP contribution in [-0.2, 0) is 0 Å². The van der Waals surface area contributed by atoms with Crippen LogP contribution in [0, 0.1) is 28.4 Å². The number of rotatable bonds is 7. The van der Waals surface area contributed by atoms with Crippen LogP contribution in [0.2, 0.25) is 0 Å². The number of allylic oxidation sites excluding steroid dienone is 2. The summed E-state index contributed by atoms with van der Waals surface area (Å²) in [7, 11) is 0. The van der Waals surface area contributed by atoms with Crippen molar-refractivity contribution in [2.75, 3.05) is 13.1 Å². The van der Waals surface area contributed by atoms with Crippen molar-refractivity contribution in [3.05, 3.63) is 101 Å². The highest BCUT2D eigenvalue weighted by atomic mass is 19.1. The lowest BCUT2D eigenvalue weighted by atomic mass is 9.86. The average molecular weight is 516 g/mol. The molecule has 0 aliphatic carbocycles. The van der Waals surface area contributed by atoms with Gasteiger partial charge in [-0.1, -0.05) is 75.4 Å². The number of carbonyl (C=O) groups is 2. The van der Waals surface area contributed by atoms with E-state index in [1.165, 1.54) is 4.90 Å². The van der Waals surface area contributed by atoms with Gasteiger partial charge in [-0.05, 0) is 42.7 Å². The van der Waals surface area contributed by atoms with E-state index in [9.17, 15) is 23.6 Å². The number of benzene rings is 3. The van der Waals surface area contributed by atoms with E-state index in [2.05, 4.69) is 11.4 Å². The van der Waals surface area contributed by atoms with Crippen LogP contribution in [0.1, 0.15) is 60.9 Å². The zero-order valence-corrected chi connectivity index (χ0v) is 22.2. The van der Waals surface area contributed by atoms with Gasteiger partial charge in [-0.25, -0.2) is 8.78 Å². The van der Waals surface area contributed by atoms with Crippen molar-refractivity contribution in [1.82, 2.24) is 10.2 Å². The van der Waals surface area contributed by atoms with E-state index in [4.69, 9.17) is 0 Å². The first-order valence-electron chi connectivity index (χ1n) is 12.4. The second kappa shape index (κ2) is 11.8. The number of hydrogen-bond donors (Lipinski definition) is 1. The molecule has 3 aromatic carbocycles. The zero-order valence-electron chi connectivity index (χ0n) is 22.2. The van der Waals surface area contributed by atoms with Crippen molar-refractivity contribution in [3.63, 3.8) is 0 Å². The fourth-order valence-corrected chi connectivity index (χ4v) is 4.18. The van der Waals surface area contributed by atoms with Gasteiger partial charge in [0.05, 0.1) is 16.7 Å². The van der Waals surface area contributed by atoms with Crippen molar-refractivity contribution in [2.45, 2.75) is 34.6 Å². The fourth-order valence-electron chi connectivity index (χ4n) is 4.18. The lowest BCUT2D eigenvalue weighted by Crippen LogP contribution is -2.36. The molecule has 0 bridgehead atoms. The molecular weight excluding hydrogens is 484 g/mol. The molecule has 196 valence electrons. The average Bonchev–Trinajstić information content (AvgIpc) is 2.90. The Labute approximate surface area is 222 Å². The Kier molecular flexibility index (Phi) is 8.80. The number of hydrogen-bond acceptors (Lipinski definition) is 3. The predicted octanol–water partition coefficient (Wildman–Crippen LogP) is 6.82. The molecule has 3 rings (SSSR count). The molecular formula is C31H31F2N3O2. The van der Waals surface area contributed by atoms with Crippen molar-refractivity contribution in [3.8, 4) is 17.2 Å². The SMILES string of the molecule is CCN(CC)C(=O)c1c(F)ccc(F)c1C(=O)N/C(=C(/C#N)c1ccc(-c2ccccc2)cc1)C(C)(C)C. The molecule has 0 aliphatic heterocycles. The molecule has 5 nitrogen and oxygen atoms in total. The van der Waals surface area contributed by atoms with Crippen LogP contribution < -0.4 is 5.32 Å². The Morgan fingerprint density at radius 2 is 1.37 bits per heavy atom. The lowest BCUT2D eigenvalue weighted by Gasteiger charge is -2.26. The van der Waals surface area contributed by atoms with Crippen molar-refractivity contribution in [2.24, 2.45) is 5.41 Å². The van der Waals surface area contributed by atoms with E-state index in [0.717, 1.165) is 23.3 Å². The molecule has 7 heteroatoms. The summed E-state index contributed by atoms with van der Waals surface area (Å²) < 4.78 is 29.8. The van der Waals surface area contributed by atoms with Crippen LogP contribution in [0.25, 0.3) is 16.7 Å². The van der Waals surface area contributed by atoms with Gasteiger partial charge in [-0.15, -0.1) is 0 Å². The zero-order chi connectivity index (χ0) is 28.0. The molecule has 0 spiro atoms. The van der Waals surface area contributed by atoms with Crippen molar-refractivity contribution < 1.29 is 18.4 Å². The van der Waals surface area contributed by atoms with Crippen molar-refractivity contribution in [1.29, 1.82) is 5.26 Å². The smallest absolute Gasteiger partial charge is 0.259 e. The number of nitriles is 1. The quantitative estimate of drug-likeness (QED) is 0.351. The third-order valence-electron chi connectivity index (χ3n) is 6.23. The van der Waals surface area contributed by atoms with Crippen molar-refractivity contribution >= 4 is 17.4 Å². The topological polar surface area (TPSA) is 73.2 Å². The van der Waals surface area contributed by atoms with Gasteiger partial charge in [-0.2, -0.15) is 5.26 Å². The summed E-state index contributed by atoms with van der Waals surface area (Å²) in [5.41, 5.74) is 0.835. The minimum absolute atomic E-state index is 0.180. The number of nitrogens with one attached hydrogen (secondary N) is 1. The second-order valence-corrected chi connectivity index (χ2v) is 9.77. The van der Waals surface area contributed by atoms with E-state index >= 15 is 0 Å². The minimum Gasteiger partial charge on any atom is -0.339 e. The first-order valence-corrected chi connectivity index (χ1v) is 12.4. The lowest BCUT2D eigenvalue weighted by molar-refractivity contribution is 0.0759. The highest BCUT2D eigenvalue weighted by Crippen LogP contribution is 2.32. The summed E-state index contributed by atoms with van der Waals surface area (Å²) in [4.78, 5) is 27.8. The molecule has 0 atom stereocenters. The summed E-state index contributed by atoms with van der Waals surface area (Å²) >= 11 is 0. The molecule has 0 saturated heterocycles. The highest BCUT2D eigenvalue weighted by molar-refractivity contribution is 6.08. The van der Waals surface area contributed by atoms with Crippen LogP contribution >= 0.6 is 0 Å². The Morgan fingerprint density at radius 3 is 1.87 bits per heavy atom. The van der Waals surface area contributed by atoms with Gasteiger partial charge in [0.2, 0.25) is 0 Å². The summed E-state index contributed by atoms with van der Waals surface area (Å²) in [5.74, 6) is -3.81. The Morgan fingerprint density at radius 1 is 0.842 bits per heavy atom. The summed E-state index contributed by atoms with van der Waals surface area (Å²) in [6, 6.07) is 20.8.